The van der Waals surface area contributed by atoms with Crippen molar-refractivity contribution >= 4 is 28.9 Å². The van der Waals surface area contributed by atoms with E-state index >= 15 is 0 Å². The van der Waals surface area contributed by atoms with Gasteiger partial charge in [-0.2, -0.15) is 10.2 Å². The Kier molecular flexibility index (Phi) is 7.50. The predicted molar refractivity (Wildman–Crippen MR) is 135 cm³/mol. The van der Waals surface area contributed by atoms with Crippen molar-refractivity contribution in [2.75, 3.05) is 7.11 Å². The number of carbonyl (C=O) groups excluding carboxylic acids is 2. The summed E-state index contributed by atoms with van der Waals surface area (Å²) in [7, 11) is 1.34. The minimum atomic E-state index is -0.511. The highest BCUT2D eigenvalue weighted by molar-refractivity contribution is 6.05. The lowest BCUT2D eigenvalue weighted by Gasteiger charge is -2.08. The summed E-state index contributed by atoms with van der Waals surface area (Å²) in [6, 6.07) is 21.0. The highest BCUT2D eigenvalue weighted by Gasteiger charge is 2.15. The van der Waals surface area contributed by atoms with Crippen LogP contribution in [0.4, 0.5) is 0 Å². The van der Waals surface area contributed by atoms with Crippen molar-refractivity contribution in [3.8, 4) is 5.75 Å². The van der Waals surface area contributed by atoms with Gasteiger partial charge in [-0.1, -0.05) is 30.3 Å². The van der Waals surface area contributed by atoms with Gasteiger partial charge < -0.3 is 9.47 Å². The van der Waals surface area contributed by atoms with Crippen LogP contribution in [0.2, 0.25) is 0 Å². The van der Waals surface area contributed by atoms with Gasteiger partial charge in [0.15, 0.2) is 5.69 Å². The van der Waals surface area contributed by atoms with Gasteiger partial charge in [0.25, 0.3) is 11.5 Å². The number of hydrazone groups is 1. The molecule has 3 aromatic carbocycles. The maximum absolute atomic E-state index is 12.7. The number of amides is 1. The zero-order valence-electron chi connectivity index (χ0n) is 19.8. The van der Waals surface area contributed by atoms with Gasteiger partial charge in [0.1, 0.15) is 12.4 Å². The third kappa shape index (κ3) is 5.47. The zero-order valence-corrected chi connectivity index (χ0v) is 19.8. The van der Waals surface area contributed by atoms with E-state index in [4.69, 9.17) is 9.47 Å². The molecule has 4 aromatic rings. The van der Waals surface area contributed by atoms with Crippen LogP contribution in [0.25, 0.3) is 10.8 Å². The molecule has 0 spiro atoms. The van der Waals surface area contributed by atoms with Crippen LogP contribution in [-0.2, 0) is 17.9 Å². The van der Waals surface area contributed by atoms with Crippen LogP contribution >= 0.6 is 0 Å². The summed E-state index contributed by atoms with van der Waals surface area (Å²) in [4.78, 5) is 36.7. The van der Waals surface area contributed by atoms with Gasteiger partial charge >= 0.3 is 5.97 Å². The highest BCUT2D eigenvalue weighted by Crippen LogP contribution is 2.15. The molecule has 36 heavy (non-hydrogen) atoms. The molecule has 0 saturated carbocycles. The predicted octanol–water partition coefficient (Wildman–Crippen LogP) is 3.55. The van der Waals surface area contributed by atoms with Crippen LogP contribution in [0.3, 0.4) is 0 Å². The van der Waals surface area contributed by atoms with Crippen LogP contribution in [0, 0.1) is 0 Å². The molecule has 1 N–H and O–H groups in total. The molecule has 0 aliphatic rings. The molecular formula is C27H24N4O5. The smallest absolute Gasteiger partial charge is 0.337 e. The minimum absolute atomic E-state index is 0.132. The van der Waals surface area contributed by atoms with E-state index in [2.05, 4.69) is 15.6 Å². The number of nitrogens with zero attached hydrogens (tertiary/aromatic N) is 3. The average Bonchev–Trinajstić information content (AvgIpc) is 2.92. The highest BCUT2D eigenvalue weighted by atomic mass is 16.5. The molecule has 0 bridgehead atoms. The van der Waals surface area contributed by atoms with Crippen molar-refractivity contribution in [3.05, 3.63) is 106 Å². The molecule has 0 atom stereocenters. The normalized spacial score (nSPS) is 10.9. The van der Waals surface area contributed by atoms with Gasteiger partial charge in [-0.25, -0.2) is 14.9 Å². The summed E-state index contributed by atoms with van der Waals surface area (Å²) in [5, 5.41) is 9.13. The first kappa shape index (κ1) is 24.3. The van der Waals surface area contributed by atoms with Crippen molar-refractivity contribution in [3.63, 3.8) is 0 Å². The number of hydrogen-bond donors (Lipinski definition) is 1. The molecule has 0 unspecified atom stereocenters. The molecule has 0 fully saturated rings. The SMILES string of the molecule is CCn1nc(C(=O)N/N=C/c2ccc(OCc3ccc(C(=O)OC)cc3)cc2)c2ccccc2c1=O. The van der Waals surface area contributed by atoms with Crippen LogP contribution in [0.15, 0.2) is 82.7 Å². The van der Waals surface area contributed by atoms with Crippen LogP contribution in [-0.4, -0.2) is 35.0 Å². The first-order chi connectivity index (χ1) is 17.5. The molecule has 0 aliphatic heterocycles. The van der Waals surface area contributed by atoms with Crippen molar-refractivity contribution in [1.82, 2.24) is 15.2 Å². The van der Waals surface area contributed by atoms with Gasteiger partial charge in [0.05, 0.1) is 24.3 Å². The fraction of sp³-hybridized carbons (Fsp3) is 0.148. The molecule has 9 heteroatoms. The number of benzene rings is 3. The lowest BCUT2D eigenvalue weighted by atomic mass is 10.1. The van der Waals surface area contributed by atoms with Gasteiger partial charge in [-0.3, -0.25) is 9.59 Å². The Morgan fingerprint density at radius 2 is 1.69 bits per heavy atom. The Morgan fingerprint density at radius 3 is 2.36 bits per heavy atom. The number of fused-ring (bicyclic) bond motifs is 1. The number of nitrogens with one attached hydrogen (secondary N) is 1. The number of ether oxygens (including phenoxy) is 2. The third-order valence-electron chi connectivity index (χ3n) is 5.42. The number of hydrogen-bond acceptors (Lipinski definition) is 7. The number of carbonyl (C=O) groups is 2. The fourth-order valence-corrected chi connectivity index (χ4v) is 3.51. The lowest BCUT2D eigenvalue weighted by Crippen LogP contribution is -2.28. The van der Waals surface area contributed by atoms with E-state index in [1.807, 2.05) is 0 Å². The van der Waals surface area contributed by atoms with E-state index in [0.717, 1.165) is 11.1 Å². The standard InChI is InChI=1S/C27H24N4O5/c1-3-31-26(33)23-7-5-4-6-22(23)24(30-31)25(32)29-28-16-18-10-14-21(15-11-18)36-17-19-8-12-20(13-9-19)27(34)35-2/h4-16H,3,17H2,1-2H3,(H,29,32)/b28-16+. The van der Waals surface area contributed by atoms with Gasteiger partial charge in [-0.05, 0) is 60.5 Å². The fourth-order valence-electron chi connectivity index (χ4n) is 3.51. The summed E-state index contributed by atoms with van der Waals surface area (Å²) < 4.78 is 11.7. The molecule has 1 aromatic heterocycles. The largest absolute Gasteiger partial charge is 0.489 e. The van der Waals surface area contributed by atoms with E-state index in [1.165, 1.54) is 18.0 Å². The molecular weight excluding hydrogens is 460 g/mol. The minimum Gasteiger partial charge on any atom is -0.489 e. The van der Waals surface area contributed by atoms with E-state index in [1.54, 1.807) is 79.7 Å². The van der Waals surface area contributed by atoms with Crippen molar-refractivity contribution in [2.24, 2.45) is 5.10 Å². The molecule has 0 saturated heterocycles. The number of esters is 1. The zero-order chi connectivity index (χ0) is 25.5. The maximum Gasteiger partial charge on any atom is 0.337 e. The van der Waals surface area contributed by atoms with E-state index in [0.29, 0.717) is 35.2 Å². The Morgan fingerprint density at radius 1 is 1.00 bits per heavy atom. The van der Waals surface area contributed by atoms with Crippen molar-refractivity contribution < 1.29 is 19.1 Å². The number of rotatable bonds is 8. The van der Waals surface area contributed by atoms with Crippen LogP contribution in [0.5, 0.6) is 5.75 Å². The Bertz CT molecular complexity index is 1480. The lowest BCUT2D eigenvalue weighted by molar-refractivity contribution is 0.0600. The quantitative estimate of drug-likeness (QED) is 0.233. The van der Waals surface area contributed by atoms with Crippen LogP contribution < -0.4 is 15.7 Å². The molecule has 9 nitrogen and oxygen atoms in total. The molecule has 0 radical (unpaired) electrons. The van der Waals surface area contributed by atoms with Gasteiger partial charge in [-0.15, -0.1) is 0 Å². The average molecular weight is 485 g/mol. The molecule has 1 amide bonds. The van der Waals surface area contributed by atoms with E-state index in [-0.39, 0.29) is 17.2 Å². The summed E-state index contributed by atoms with van der Waals surface area (Å²) in [6.07, 6.45) is 1.51. The summed E-state index contributed by atoms with van der Waals surface area (Å²) in [5.41, 5.74) is 4.51. The monoisotopic (exact) mass is 484 g/mol. The third-order valence-corrected chi connectivity index (χ3v) is 5.42. The van der Waals surface area contributed by atoms with E-state index in [9.17, 15) is 14.4 Å². The molecule has 4 rings (SSSR count). The van der Waals surface area contributed by atoms with Crippen molar-refractivity contribution in [2.45, 2.75) is 20.1 Å². The first-order valence-electron chi connectivity index (χ1n) is 11.2. The Hall–Kier alpha value is -4.79. The topological polar surface area (TPSA) is 112 Å². The Labute approximate surface area is 207 Å². The van der Waals surface area contributed by atoms with E-state index < -0.39 is 5.91 Å². The number of methoxy groups -OCH3 is 1. The van der Waals surface area contributed by atoms with Gasteiger partial charge in [0, 0.05) is 11.9 Å². The van der Waals surface area contributed by atoms with Gasteiger partial charge in [0.2, 0.25) is 0 Å². The summed E-state index contributed by atoms with van der Waals surface area (Å²) in [5.74, 6) is -0.237. The Balaban J connectivity index is 1.37. The second kappa shape index (κ2) is 11.1. The number of aromatic nitrogens is 2. The molecule has 1 heterocycles. The maximum atomic E-state index is 12.7. The number of aryl methyl sites for hydroxylation is 1. The second-order valence-electron chi connectivity index (χ2n) is 7.76. The summed E-state index contributed by atoms with van der Waals surface area (Å²) in [6.45, 7) is 2.48. The first-order valence-corrected chi connectivity index (χ1v) is 11.2. The van der Waals surface area contributed by atoms with Crippen LogP contribution in [0.1, 0.15) is 38.9 Å². The molecule has 0 aliphatic carbocycles. The van der Waals surface area contributed by atoms with Crippen molar-refractivity contribution in [1.29, 1.82) is 0 Å². The second-order valence-corrected chi connectivity index (χ2v) is 7.76. The molecule has 182 valence electrons. The summed E-state index contributed by atoms with van der Waals surface area (Å²) >= 11 is 0.